The van der Waals surface area contributed by atoms with Crippen LogP contribution in [0, 0.1) is 0 Å². The first kappa shape index (κ1) is 11.4. The van der Waals surface area contributed by atoms with Gasteiger partial charge >= 0.3 is 5.97 Å². The Bertz CT molecular complexity index is 385. The van der Waals surface area contributed by atoms with Crippen molar-refractivity contribution in [3.63, 3.8) is 0 Å². The summed E-state index contributed by atoms with van der Waals surface area (Å²) in [6, 6.07) is 3.18. The van der Waals surface area contributed by atoms with Crippen LogP contribution >= 0.6 is 0 Å². The number of Topliss-reactive ketones (excluding diaryl/α,β-unsaturated/α-hetero) is 1. The van der Waals surface area contributed by atoms with Crippen molar-refractivity contribution in [3.05, 3.63) is 29.6 Å². The number of ether oxygens (including phenoxy) is 1. The molecule has 1 aromatic heterocycles. The zero-order valence-electron chi connectivity index (χ0n) is 8.98. The summed E-state index contributed by atoms with van der Waals surface area (Å²) < 4.78 is 4.97. The molecule has 0 fully saturated rings. The minimum atomic E-state index is -0.559. The van der Waals surface area contributed by atoms with Gasteiger partial charge in [0.1, 0.15) is 0 Å². The monoisotopic (exact) mass is 207 g/mol. The molecular weight excluding hydrogens is 194 g/mol. The molecule has 4 heteroatoms. The molecule has 0 spiro atoms. The molecule has 0 bridgehead atoms. The highest BCUT2D eigenvalue weighted by Crippen LogP contribution is 2.08. The van der Waals surface area contributed by atoms with Gasteiger partial charge < -0.3 is 4.74 Å². The summed E-state index contributed by atoms with van der Waals surface area (Å²) in [5.41, 5.74) is 0.377. The highest BCUT2D eigenvalue weighted by atomic mass is 16.5. The van der Waals surface area contributed by atoms with Gasteiger partial charge in [0.25, 0.3) is 0 Å². The second-order valence-corrected chi connectivity index (χ2v) is 3.41. The highest BCUT2D eigenvalue weighted by molar-refractivity contribution is 6.04. The maximum Gasteiger partial charge on any atom is 0.357 e. The van der Waals surface area contributed by atoms with E-state index in [4.69, 9.17) is 4.74 Å². The normalized spacial score (nSPS) is 10.1. The summed E-state index contributed by atoms with van der Waals surface area (Å²) in [5, 5.41) is 0. The first-order valence-electron chi connectivity index (χ1n) is 4.69. The highest BCUT2D eigenvalue weighted by Gasteiger charge is 2.17. The molecule has 0 saturated carbocycles. The maximum absolute atomic E-state index is 11.5. The van der Waals surface area contributed by atoms with Crippen LogP contribution in [0.25, 0.3) is 0 Å². The fourth-order valence-electron chi connectivity index (χ4n) is 1.12. The van der Waals surface area contributed by atoms with Crippen LogP contribution in [0.15, 0.2) is 18.3 Å². The molecule has 0 aromatic carbocycles. The lowest BCUT2D eigenvalue weighted by molar-refractivity contribution is 0.0368. The van der Waals surface area contributed by atoms with Crippen LogP contribution in [0.5, 0.6) is 0 Å². The fraction of sp³-hybridized carbons (Fsp3) is 0.364. The van der Waals surface area contributed by atoms with Crippen molar-refractivity contribution in [3.8, 4) is 0 Å². The SMILES string of the molecule is CC(=O)c1cccnc1C(=O)OC(C)C. The summed E-state index contributed by atoms with van der Waals surface area (Å²) in [4.78, 5) is 26.6. The molecule has 0 N–H and O–H groups in total. The summed E-state index contributed by atoms with van der Waals surface area (Å²) in [6.45, 7) is 4.88. The van der Waals surface area contributed by atoms with Crippen LogP contribution < -0.4 is 0 Å². The lowest BCUT2D eigenvalue weighted by atomic mass is 10.1. The Hall–Kier alpha value is -1.71. The average molecular weight is 207 g/mol. The standard InChI is InChI=1S/C11H13NO3/c1-7(2)15-11(14)10-9(8(3)13)5-4-6-12-10/h4-7H,1-3H3. The number of rotatable bonds is 3. The Labute approximate surface area is 88.3 Å². The molecule has 80 valence electrons. The topological polar surface area (TPSA) is 56.3 Å². The van der Waals surface area contributed by atoms with Gasteiger partial charge in [0.2, 0.25) is 0 Å². The number of hydrogen-bond donors (Lipinski definition) is 0. The van der Waals surface area contributed by atoms with Gasteiger partial charge in [0.05, 0.1) is 11.7 Å². The van der Waals surface area contributed by atoms with E-state index in [1.165, 1.54) is 13.1 Å². The Morgan fingerprint density at radius 2 is 2.07 bits per heavy atom. The number of nitrogens with zero attached hydrogens (tertiary/aromatic N) is 1. The second-order valence-electron chi connectivity index (χ2n) is 3.41. The maximum atomic E-state index is 11.5. The third kappa shape index (κ3) is 2.87. The average Bonchev–Trinajstić information content (AvgIpc) is 2.16. The number of carbonyl (C=O) groups is 2. The van der Waals surface area contributed by atoms with Gasteiger partial charge in [0, 0.05) is 6.20 Å². The van der Waals surface area contributed by atoms with Gasteiger partial charge in [-0.05, 0) is 32.9 Å². The molecule has 15 heavy (non-hydrogen) atoms. The zero-order valence-corrected chi connectivity index (χ0v) is 8.98. The minimum Gasteiger partial charge on any atom is -0.458 e. The van der Waals surface area contributed by atoms with Crippen molar-refractivity contribution in [1.82, 2.24) is 4.98 Å². The fourth-order valence-corrected chi connectivity index (χ4v) is 1.12. The number of pyridine rings is 1. The Kier molecular flexibility index (Phi) is 3.55. The minimum absolute atomic E-state index is 0.0821. The van der Waals surface area contributed by atoms with Crippen LogP contribution in [-0.2, 0) is 4.74 Å². The molecule has 0 unspecified atom stereocenters. The van der Waals surface area contributed by atoms with Crippen molar-refractivity contribution in [2.75, 3.05) is 0 Å². The molecule has 0 aliphatic rings. The van der Waals surface area contributed by atoms with Crippen molar-refractivity contribution < 1.29 is 14.3 Å². The molecule has 0 aliphatic heterocycles. The quantitative estimate of drug-likeness (QED) is 0.560. The van der Waals surface area contributed by atoms with E-state index in [1.807, 2.05) is 0 Å². The van der Waals surface area contributed by atoms with Gasteiger partial charge in [-0.25, -0.2) is 9.78 Å². The molecule has 0 saturated heterocycles. The lowest BCUT2D eigenvalue weighted by Gasteiger charge is -2.08. The molecule has 4 nitrogen and oxygen atoms in total. The molecule has 0 radical (unpaired) electrons. The van der Waals surface area contributed by atoms with Crippen molar-refractivity contribution in [2.24, 2.45) is 0 Å². The molecule has 0 aliphatic carbocycles. The molecule has 1 heterocycles. The largest absolute Gasteiger partial charge is 0.458 e. The van der Waals surface area contributed by atoms with E-state index >= 15 is 0 Å². The van der Waals surface area contributed by atoms with E-state index in [0.29, 0.717) is 5.56 Å². The summed E-state index contributed by atoms with van der Waals surface area (Å²) in [6.07, 6.45) is 1.24. The molecular formula is C11H13NO3. The number of hydrogen-bond acceptors (Lipinski definition) is 4. The lowest BCUT2D eigenvalue weighted by Crippen LogP contribution is -2.16. The van der Waals surface area contributed by atoms with Gasteiger partial charge in [-0.3, -0.25) is 4.79 Å². The van der Waals surface area contributed by atoms with Crippen molar-refractivity contribution in [2.45, 2.75) is 26.9 Å². The zero-order chi connectivity index (χ0) is 11.4. The number of ketones is 1. The Morgan fingerprint density at radius 1 is 1.40 bits per heavy atom. The Morgan fingerprint density at radius 3 is 2.60 bits per heavy atom. The van der Waals surface area contributed by atoms with E-state index in [9.17, 15) is 9.59 Å². The number of aromatic nitrogens is 1. The van der Waals surface area contributed by atoms with Crippen LogP contribution in [0.1, 0.15) is 41.6 Å². The van der Waals surface area contributed by atoms with Crippen LogP contribution in [-0.4, -0.2) is 22.8 Å². The molecule has 1 aromatic rings. The van der Waals surface area contributed by atoms with E-state index < -0.39 is 5.97 Å². The summed E-state index contributed by atoms with van der Waals surface area (Å²) >= 11 is 0. The van der Waals surface area contributed by atoms with E-state index in [-0.39, 0.29) is 17.6 Å². The van der Waals surface area contributed by atoms with Crippen molar-refractivity contribution >= 4 is 11.8 Å². The predicted molar refractivity (Wildman–Crippen MR) is 54.8 cm³/mol. The number of carbonyl (C=O) groups excluding carboxylic acids is 2. The number of esters is 1. The summed E-state index contributed by atoms with van der Waals surface area (Å²) in [5.74, 6) is -0.755. The van der Waals surface area contributed by atoms with Gasteiger partial charge in [-0.15, -0.1) is 0 Å². The van der Waals surface area contributed by atoms with Crippen LogP contribution in [0.2, 0.25) is 0 Å². The molecule has 0 amide bonds. The molecule has 0 atom stereocenters. The summed E-state index contributed by atoms with van der Waals surface area (Å²) in [7, 11) is 0. The van der Waals surface area contributed by atoms with E-state index in [0.717, 1.165) is 0 Å². The second kappa shape index (κ2) is 4.68. The van der Waals surface area contributed by atoms with Crippen LogP contribution in [0.4, 0.5) is 0 Å². The smallest absolute Gasteiger partial charge is 0.357 e. The third-order valence-electron chi connectivity index (χ3n) is 1.72. The first-order chi connectivity index (χ1) is 7.02. The first-order valence-corrected chi connectivity index (χ1v) is 4.69. The van der Waals surface area contributed by atoms with Gasteiger partial charge in [-0.2, -0.15) is 0 Å². The van der Waals surface area contributed by atoms with Gasteiger partial charge in [-0.1, -0.05) is 0 Å². The van der Waals surface area contributed by atoms with E-state index in [2.05, 4.69) is 4.98 Å². The van der Waals surface area contributed by atoms with Crippen molar-refractivity contribution in [1.29, 1.82) is 0 Å². The Balaban J connectivity index is 3.03. The predicted octanol–water partition coefficient (Wildman–Crippen LogP) is 1.85. The van der Waals surface area contributed by atoms with Crippen LogP contribution in [0.3, 0.4) is 0 Å². The van der Waals surface area contributed by atoms with Gasteiger partial charge in [0.15, 0.2) is 11.5 Å². The van der Waals surface area contributed by atoms with E-state index in [1.54, 1.807) is 26.0 Å². The third-order valence-corrected chi connectivity index (χ3v) is 1.72. The molecule has 1 rings (SSSR count).